The fourth-order valence-electron chi connectivity index (χ4n) is 5.62. The lowest BCUT2D eigenvalue weighted by atomic mass is 9.85. The zero-order chi connectivity index (χ0) is 28.3. The molecule has 1 aliphatic carbocycles. The summed E-state index contributed by atoms with van der Waals surface area (Å²) in [5.74, 6) is -2.11. The molecule has 6 rings (SSSR count). The minimum atomic E-state index is -2.66. The number of imidazole rings is 1. The third-order valence-corrected chi connectivity index (χ3v) is 7.68. The van der Waals surface area contributed by atoms with E-state index in [-0.39, 0.29) is 42.9 Å². The molecule has 3 N–H and O–H groups in total. The molecular weight excluding hydrogens is 537 g/mol. The van der Waals surface area contributed by atoms with E-state index in [4.69, 9.17) is 0 Å². The van der Waals surface area contributed by atoms with Crippen LogP contribution in [0, 0.1) is 6.92 Å². The van der Waals surface area contributed by atoms with Gasteiger partial charge >= 0.3 is 0 Å². The van der Waals surface area contributed by atoms with E-state index < -0.39 is 31.1 Å². The van der Waals surface area contributed by atoms with Crippen LogP contribution in [0.2, 0.25) is 0 Å². The third kappa shape index (κ3) is 4.65. The molecule has 10 nitrogen and oxygen atoms in total. The molecule has 0 amide bonds. The number of piperidine rings is 1. The number of likely N-dealkylation sites (tertiary alicyclic amines) is 1. The van der Waals surface area contributed by atoms with E-state index in [1.165, 1.54) is 15.1 Å². The van der Waals surface area contributed by atoms with Gasteiger partial charge in [0.2, 0.25) is 11.8 Å². The summed E-state index contributed by atoms with van der Waals surface area (Å²) >= 11 is 0. The number of anilines is 2. The maximum Gasteiger partial charge on any atom is 0.256 e. The molecular formula is C25H28F5N9O. The lowest BCUT2D eigenvalue weighted by Gasteiger charge is -2.46. The summed E-state index contributed by atoms with van der Waals surface area (Å²) in [6.07, 6.45) is -4.03. The summed E-state index contributed by atoms with van der Waals surface area (Å²) in [6.45, 7) is 1.58. The molecule has 0 aromatic carbocycles. The maximum absolute atomic E-state index is 15.1. The SMILES string of the molecule is CNc1nc(NC2CCN(C3CC(F)(F)C3)CC2F)nn2c(O)cc(-c3ccc4nc(C)n(CC(F)F)c4n3)c12. The van der Waals surface area contributed by atoms with Crippen molar-refractivity contribution in [1.82, 2.24) is 34.0 Å². The summed E-state index contributed by atoms with van der Waals surface area (Å²) < 4.78 is 70.5. The molecule has 0 spiro atoms. The largest absolute Gasteiger partial charge is 0.493 e. The van der Waals surface area contributed by atoms with Crippen LogP contribution in [-0.4, -0.2) is 89.9 Å². The molecule has 0 radical (unpaired) electrons. The predicted molar refractivity (Wildman–Crippen MR) is 138 cm³/mol. The molecule has 2 fully saturated rings. The molecule has 2 atom stereocenters. The molecule has 4 aromatic rings. The Labute approximate surface area is 225 Å². The molecule has 4 aromatic heterocycles. The van der Waals surface area contributed by atoms with E-state index >= 15 is 4.39 Å². The Morgan fingerprint density at radius 3 is 2.62 bits per heavy atom. The Morgan fingerprint density at radius 1 is 1.18 bits per heavy atom. The summed E-state index contributed by atoms with van der Waals surface area (Å²) in [5, 5.41) is 21.1. The number of aromatic hydroxyl groups is 1. The zero-order valence-electron chi connectivity index (χ0n) is 21.8. The van der Waals surface area contributed by atoms with Crippen LogP contribution < -0.4 is 10.6 Å². The molecule has 1 aliphatic heterocycles. The van der Waals surface area contributed by atoms with Crippen LogP contribution in [0.1, 0.15) is 25.1 Å². The Balaban J connectivity index is 1.29. The highest BCUT2D eigenvalue weighted by Gasteiger charge is 2.49. The van der Waals surface area contributed by atoms with Crippen molar-refractivity contribution in [2.24, 2.45) is 0 Å². The minimum absolute atomic E-state index is 0.0359. The second-order valence-electron chi connectivity index (χ2n) is 10.4. The summed E-state index contributed by atoms with van der Waals surface area (Å²) in [7, 11) is 1.63. The highest BCUT2D eigenvalue weighted by molar-refractivity contribution is 5.90. The number of nitrogens with zero attached hydrogens (tertiary/aromatic N) is 7. The number of rotatable bonds is 7. The predicted octanol–water partition coefficient (Wildman–Crippen LogP) is 4.08. The van der Waals surface area contributed by atoms with Crippen LogP contribution in [-0.2, 0) is 6.54 Å². The van der Waals surface area contributed by atoms with Gasteiger partial charge in [0, 0.05) is 50.7 Å². The van der Waals surface area contributed by atoms with Crippen molar-refractivity contribution in [3.05, 3.63) is 24.0 Å². The fraction of sp³-hybridized carbons (Fsp3) is 0.520. The second-order valence-corrected chi connectivity index (χ2v) is 10.4. The van der Waals surface area contributed by atoms with Crippen LogP contribution in [0.15, 0.2) is 18.2 Å². The number of aryl methyl sites for hydroxylation is 1. The first-order chi connectivity index (χ1) is 19.0. The van der Waals surface area contributed by atoms with Crippen LogP contribution >= 0.6 is 0 Å². The Morgan fingerprint density at radius 2 is 1.95 bits per heavy atom. The van der Waals surface area contributed by atoms with E-state index in [1.54, 1.807) is 31.0 Å². The van der Waals surface area contributed by atoms with Crippen LogP contribution in [0.4, 0.5) is 33.7 Å². The Bertz CT molecular complexity index is 1560. The van der Waals surface area contributed by atoms with Gasteiger partial charge in [-0.2, -0.15) is 9.50 Å². The standard InChI is InChI=1S/C25H28F5N9O/c1-12-32-18-4-3-16(33-23(18)38(12)11-19(27)28)14-7-20(40)39-21(14)22(31-2)35-24(36-39)34-17-5-6-37(10-15(17)26)13-8-25(29,30)9-13/h3-4,7,13,15,17,19,40H,5-6,8-11H2,1-2H3,(H2,31,34,35,36). The molecule has 1 saturated heterocycles. The van der Waals surface area contributed by atoms with Gasteiger partial charge < -0.3 is 20.3 Å². The molecule has 5 heterocycles. The Kier molecular flexibility index (Phi) is 6.43. The number of hydrogen-bond donors (Lipinski definition) is 3. The number of fused-ring (bicyclic) bond motifs is 2. The number of alkyl halides is 5. The van der Waals surface area contributed by atoms with E-state index in [2.05, 4.69) is 30.7 Å². The average molecular weight is 566 g/mol. The van der Waals surface area contributed by atoms with Gasteiger partial charge in [-0.3, -0.25) is 4.90 Å². The normalized spacial score (nSPS) is 21.8. The van der Waals surface area contributed by atoms with Gasteiger partial charge in [-0.25, -0.2) is 31.9 Å². The first-order valence-electron chi connectivity index (χ1n) is 13.0. The molecule has 1 saturated carbocycles. The topological polar surface area (TPSA) is 108 Å². The van der Waals surface area contributed by atoms with E-state index in [9.17, 15) is 22.7 Å². The summed E-state index contributed by atoms with van der Waals surface area (Å²) in [4.78, 5) is 15.1. The second kappa shape index (κ2) is 9.71. The molecule has 2 unspecified atom stereocenters. The zero-order valence-corrected chi connectivity index (χ0v) is 21.8. The van der Waals surface area contributed by atoms with Crippen LogP contribution in [0.3, 0.4) is 0 Å². The van der Waals surface area contributed by atoms with Gasteiger partial charge in [0.25, 0.3) is 12.3 Å². The van der Waals surface area contributed by atoms with Crippen LogP contribution in [0.5, 0.6) is 5.88 Å². The van der Waals surface area contributed by atoms with Gasteiger partial charge in [0.1, 0.15) is 23.0 Å². The molecule has 15 heteroatoms. The highest BCUT2D eigenvalue weighted by atomic mass is 19.3. The minimum Gasteiger partial charge on any atom is -0.493 e. The quantitative estimate of drug-likeness (QED) is 0.288. The number of halogens is 5. The van der Waals surface area contributed by atoms with Crippen molar-refractivity contribution in [2.75, 3.05) is 30.8 Å². The van der Waals surface area contributed by atoms with Crippen molar-refractivity contribution < 1.29 is 27.1 Å². The number of nitrogens with one attached hydrogen (secondary N) is 2. The van der Waals surface area contributed by atoms with E-state index in [0.717, 1.165) is 0 Å². The van der Waals surface area contributed by atoms with Crippen molar-refractivity contribution >= 4 is 28.4 Å². The van der Waals surface area contributed by atoms with Gasteiger partial charge in [-0.05, 0) is 25.5 Å². The van der Waals surface area contributed by atoms with Crippen molar-refractivity contribution in [1.29, 1.82) is 0 Å². The highest BCUT2D eigenvalue weighted by Crippen LogP contribution is 2.41. The number of aromatic nitrogens is 6. The molecule has 214 valence electrons. The van der Waals surface area contributed by atoms with Crippen molar-refractivity contribution in [2.45, 2.75) is 63.3 Å². The third-order valence-electron chi connectivity index (χ3n) is 7.68. The van der Waals surface area contributed by atoms with Crippen molar-refractivity contribution in [3.8, 4) is 17.1 Å². The molecule has 0 bridgehead atoms. The Hall–Kier alpha value is -3.75. The number of hydrogen-bond acceptors (Lipinski definition) is 8. The smallest absolute Gasteiger partial charge is 0.256 e. The van der Waals surface area contributed by atoms with Gasteiger partial charge in [0.15, 0.2) is 11.5 Å². The lowest BCUT2D eigenvalue weighted by molar-refractivity contribution is -0.131. The molecule has 40 heavy (non-hydrogen) atoms. The van der Waals surface area contributed by atoms with E-state index in [0.29, 0.717) is 46.9 Å². The van der Waals surface area contributed by atoms with Gasteiger partial charge in [-0.1, -0.05) is 0 Å². The number of pyridine rings is 1. The van der Waals surface area contributed by atoms with Crippen molar-refractivity contribution in [3.63, 3.8) is 0 Å². The lowest BCUT2D eigenvalue weighted by Crippen LogP contribution is -2.57. The maximum atomic E-state index is 15.1. The first kappa shape index (κ1) is 26.5. The monoisotopic (exact) mass is 565 g/mol. The van der Waals surface area contributed by atoms with Gasteiger partial charge in [0.05, 0.1) is 18.3 Å². The summed E-state index contributed by atoms with van der Waals surface area (Å²) in [5.41, 5.74) is 1.96. The average Bonchev–Trinajstić information content (AvgIpc) is 3.38. The van der Waals surface area contributed by atoms with Gasteiger partial charge in [-0.15, -0.1) is 5.10 Å². The van der Waals surface area contributed by atoms with E-state index in [1.807, 2.05) is 0 Å². The summed E-state index contributed by atoms with van der Waals surface area (Å²) in [6, 6.07) is 3.83. The molecule has 2 aliphatic rings. The van der Waals surface area contributed by atoms with Crippen LogP contribution in [0.25, 0.3) is 27.9 Å². The fourth-order valence-corrected chi connectivity index (χ4v) is 5.62. The first-order valence-corrected chi connectivity index (χ1v) is 13.0.